The van der Waals surface area contributed by atoms with Crippen molar-refractivity contribution in [3.63, 3.8) is 0 Å². The first kappa shape index (κ1) is 11.6. The van der Waals surface area contributed by atoms with Crippen molar-refractivity contribution in [2.75, 3.05) is 0 Å². The fourth-order valence-electron chi connectivity index (χ4n) is 2.52. The average Bonchev–Trinajstić information content (AvgIpc) is 3.14. The summed E-state index contributed by atoms with van der Waals surface area (Å²) in [6, 6.07) is 3.98. The summed E-state index contributed by atoms with van der Waals surface area (Å²) in [5.74, 6) is 0. The highest BCUT2D eigenvalue weighted by Gasteiger charge is 2.15. The van der Waals surface area contributed by atoms with Crippen LogP contribution in [0.25, 0.3) is 27.9 Å². The smallest absolute Gasteiger partial charge is 0.126 e. The molecule has 98 valence electrons. The van der Waals surface area contributed by atoms with E-state index in [-0.39, 0.29) is 0 Å². The summed E-state index contributed by atoms with van der Waals surface area (Å²) in [5.41, 5.74) is 5.88. The van der Waals surface area contributed by atoms with E-state index >= 15 is 0 Å². The van der Waals surface area contributed by atoms with Crippen LogP contribution in [0.15, 0.2) is 42.2 Å². The normalized spacial score (nSPS) is 13.4. The maximum atomic E-state index is 4.76. The van der Waals surface area contributed by atoms with Crippen LogP contribution in [0.4, 0.5) is 0 Å². The van der Waals surface area contributed by atoms with Gasteiger partial charge in [-0.15, -0.1) is 11.3 Å². The molecule has 0 atom stereocenters. The number of aryl methyl sites for hydroxylation is 1. The third-order valence-electron chi connectivity index (χ3n) is 3.54. The number of hydrogen-bond acceptors (Lipinski definition) is 3. The Hall–Kier alpha value is -2.20. The van der Waals surface area contributed by atoms with Gasteiger partial charge in [-0.2, -0.15) is 0 Å². The van der Waals surface area contributed by atoms with Crippen molar-refractivity contribution in [3.8, 4) is 21.8 Å². The second-order valence-corrected chi connectivity index (χ2v) is 5.67. The lowest BCUT2D eigenvalue weighted by molar-refractivity contribution is 0.945. The second-order valence-electron chi connectivity index (χ2n) is 4.82. The van der Waals surface area contributed by atoms with Crippen LogP contribution >= 0.6 is 11.3 Å². The number of H-pyrrole nitrogens is 1. The highest BCUT2D eigenvalue weighted by molar-refractivity contribution is 7.13. The average molecular weight is 279 g/mol. The van der Waals surface area contributed by atoms with Crippen molar-refractivity contribution >= 4 is 17.4 Å². The predicted molar refractivity (Wildman–Crippen MR) is 82.5 cm³/mol. The summed E-state index contributed by atoms with van der Waals surface area (Å²) in [6.45, 7) is 0. The molecule has 1 N–H and O–H groups in total. The molecule has 3 aromatic rings. The number of aromatic amines is 1. The molecule has 0 amide bonds. The molecule has 0 fully saturated rings. The number of nitrogens with one attached hydrogen (secondary N) is 1. The van der Waals surface area contributed by atoms with Gasteiger partial charge in [0.15, 0.2) is 0 Å². The summed E-state index contributed by atoms with van der Waals surface area (Å²) in [7, 11) is 0. The van der Waals surface area contributed by atoms with Gasteiger partial charge in [-0.25, -0.2) is 4.98 Å². The molecule has 0 spiro atoms. The zero-order valence-corrected chi connectivity index (χ0v) is 11.7. The first-order chi connectivity index (χ1) is 9.92. The van der Waals surface area contributed by atoms with Crippen LogP contribution in [-0.2, 0) is 6.42 Å². The van der Waals surface area contributed by atoms with E-state index in [4.69, 9.17) is 4.98 Å². The van der Waals surface area contributed by atoms with Crippen molar-refractivity contribution in [2.45, 2.75) is 12.8 Å². The highest BCUT2D eigenvalue weighted by atomic mass is 32.1. The third kappa shape index (κ3) is 1.89. The number of thiazole rings is 1. The number of aromatic nitrogens is 3. The Morgan fingerprint density at radius 1 is 1.30 bits per heavy atom. The molecule has 0 radical (unpaired) electrons. The van der Waals surface area contributed by atoms with Gasteiger partial charge < -0.3 is 4.98 Å². The van der Waals surface area contributed by atoms with E-state index in [0.29, 0.717) is 0 Å². The van der Waals surface area contributed by atoms with E-state index in [1.54, 1.807) is 17.5 Å². The molecule has 0 saturated carbocycles. The fourth-order valence-corrected chi connectivity index (χ4v) is 3.38. The van der Waals surface area contributed by atoms with Crippen LogP contribution in [0.5, 0.6) is 0 Å². The number of hydrogen-bond donors (Lipinski definition) is 1. The molecule has 0 bridgehead atoms. The molecule has 3 nitrogen and oxygen atoms in total. The lowest BCUT2D eigenvalue weighted by Gasteiger charge is -2.05. The largest absolute Gasteiger partial charge is 0.364 e. The SMILES string of the molecule is C1=Cc2c(-c3nc(-c4cccnc4)cs3)c[nH]c2CC1. The Bertz CT molecular complexity index is 768. The second kappa shape index (κ2) is 4.72. The molecule has 0 aromatic carbocycles. The highest BCUT2D eigenvalue weighted by Crippen LogP contribution is 2.34. The van der Waals surface area contributed by atoms with Crippen molar-refractivity contribution in [2.24, 2.45) is 0 Å². The van der Waals surface area contributed by atoms with Crippen LogP contribution in [0, 0.1) is 0 Å². The van der Waals surface area contributed by atoms with Crippen molar-refractivity contribution in [3.05, 3.63) is 53.4 Å². The summed E-state index contributed by atoms with van der Waals surface area (Å²) >= 11 is 1.68. The number of fused-ring (bicyclic) bond motifs is 1. The van der Waals surface area contributed by atoms with E-state index in [0.717, 1.165) is 29.1 Å². The van der Waals surface area contributed by atoms with Gasteiger partial charge in [0.05, 0.1) is 5.69 Å². The fraction of sp³-hybridized carbons (Fsp3) is 0.125. The van der Waals surface area contributed by atoms with Crippen molar-refractivity contribution in [1.82, 2.24) is 15.0 Å². The molecule has 1 aliphatic rings. The molecular weight excluding hydrogens is 266 g/mol. The van der Waals surface area contributed by atoms with Crippen LogP contribution < -0.4 is 0 Å². The van der Waals surface area contributed by atoms with Gasteiger partial charge in [-0.1, -0.05) is 12.2 Å². The van der Waals surface area contributed by atoms with Gasteiger partial charge in [0.25, 0.3) is 0 Å². The van der Waals surface area contributed by atoms with Gasteiger partial charge in [-0.05, 0) is 25.0 Å². The van der Waals surface area contributed by atoms with Gasteiger partial charge >= 0.3 is 0 Å². The standard InChI is InChI=1S/C16H13N3S/c1-2-6-14-12(5-1)13(9-18-14)16-19-15(10-20-16)11-4-3-7-17-8-11/h1,3-5,7-10,18H,2,6H2. The molecule has 3 aromatic heterocycles. The van der Waals surface area contributed by atoms with E-state index in [1.807, 2.05) is 18.3 Å². The van der Waals surface area contributed by atoms with Crippen molar-refractivity contribution in [1.29, 1.82) is 0 Å². The minimum absolute atomic E-state index is 0.993. The Balaban J connectivity index is 1.76. The summed E-state index contributed by atoms with van der Waals surface area (Å²) in [5, 5.41) is 3.16. The summed E-state index contributed by atoms with van der Waals surface area (Å²) < 4.78 is 0. The zero-order chi connectivity index (χ0) is 13.4. The predicted octanol–water partition coefficient (Wildman–Crippen LogP) is 4.16. The maximum absolute atomic E-state index is 4.76. The van der Waals surface area contributed by atoms with E-state index in [2.05, 4.69) is 33.7 Å². The van der Waals surface area contributed by atoms with Crippen LogP contribution in [0.2, 0.25) is 0 Å². The minimum atomic E-state index is 0.993. The molecule has 0 unspecified atom stereocenters. The van der Waals surface area contributed by atoms with Crippen molar-refractivity contribution < 1.29 is 0 Å². The molecule has 4 heteroatoms. The van der Waals surface area contributed by atoms with Crippen LogP contribution in [0.3, 0.4) is 0 Å². The quantitative estimate of drug-likeness (QED) is 0.765. The molecular formula is C16H13N3S. The van der Waals surface area contributed by atoms with E-state index in [1.165, 1.54) is 16.8 Å². The van der Waals surface area contributed by atoms with Gasteiger partial charge in [0.1, 0.15) is 5.01 Å². The Morgan fingerprint density at radius 2 is 2.30 bits per heavy atom. The Morgan fingerprint density at radius 3 is 3.20 bits per heavy atom. The van der Waals surface area contributed by atoms with Gasteiger partial charge in [-0.3, -0.25) is 4.98 Å². The molecule has 0 aliphatic heterocycles. The van der Waals surface area contributed by atoms with Crippen LogP contribution in [0.1, 0.15) is 17.7 Å². The first-order valence-corrected chi connectivity index (χ1v) is 7.53. The zero-order valence-electron chi connectivity index (χ0n) is 10.8. The van der Waals surface area contributed by atoms with Gasteiger partial charge in [0, 0.05) is 46.4 Å². The summed E-state index contributed by atoms with van der Waals surface area (Å²) in [6.07, 6.45) is 12.4. The molecule has 0 saturated heterocycles. The monoisotopic (exact) mass is 279 g/mol. The number of allylic oxidation sites excluding steroid dienone is 1. The van der Waals surface area contributed by atoms with Gasteiger partial charge in [0.2, 0.25) is 0 Å². The topological polar surface area (TPSA) is 41.6 Å². The summed E-state index contributed by atoms with van der Waals surface area (Å²) in [4.78, 5) is 12.3. The molecule has 4 rings (SSSR count). The third-order valence-corrected chi connectivity index (χ3v) is 4.42. The molecule has 1 aliphatic carbocycles. The number of pyridine rings is 1. The maximum Gasteiger partial charge on any atom is 0.126 e. The first-order valence-electron chi connectivity index (χ1n) is 6.65. The van der Waals surface area contributed by atoms with E-state index < -0.39 is 0 Å². The Labute approximate surface area is 121 Å². The Kier molecular flexibility index (Phi) is 2.74. The number of rotatable bonds is 2. The molecule has 20 heavy (non-hydrogen) atoms. The van der Waals surface area contributed by atoms with Crippen LogP contribution in [-0.4, -0.2) is 15.0 Å². The van der Waals surface area contributed by atoms with E-state index in [9.17, 15) is 0 Å². The number of nitrogens with zero attached hydrogens (tertiary/aromatic N) is 2. The lowest BCUT2D eigenvalue weighted by atomic mass is 10.0. The lowest BCUT2D eigenvalue weighted by Crippen LogP contribution is -1.91. The minimum Gasteiger partial charge on any atom is -0.364 e. The molecule has 3 heterocycles.